The van der Waals surface area contributed by atoms with Crippen LogP contribution in [0.4, 0.5) is 0 Å². The predicted molar refractivity (Wildman–Crippen MR) is 64.4 cm³/mol. The van der Waals surface area contributed by atoms with Gasteiger partial charge in [0.05, 0.1) is 0 Å². The second-order valence-electron chi connectivity index (χ2n) is 3.68. The molecule has 0 spiro atoms. The summed E-state index contributed by atoms with van der Waals surface area (Å²) in [4.78, 5) is 20.1. The molecule has 0 saturated carbocycles. The summed E-state index contributed by atoms with van der Waals surface area (Å²) in [7, 11) is -1.13. The van der Waals surface area contributed by atoms with Crippen molar-refractivity contribution in [3.05, 3.63) is 36.0 Å². The largest absolute Gasteiger partial charge is 0.351 e. The number of aromatic nitrogens is 1. The first-order chi connectivity index (χ1) is 8.08. The van der Waals surface area contributed by atoms with Crippen molar-refractivity contribution in [2.75, 3.05) is 6.61 Å². The SMILES string of the molecule is Cn1ccc2cc(C(=O)CO[PH](=O)O)ccc21. The monoisotopic (exact) mass is 253 g/mol. The van der Waals surface area contributed by atoms with Gasteiger partial charge in [-0.25, -0.2) is 0 Å². The number of hydrogen-bond donors (Lipinski definition) is 1. The molecule has 0 saturated heterocycles. The lowest BCUT2D eigenvalue weighted by molar-refractivity contribution is 0.0917. The van der Waals surface area contributed by atoms with Crippen LogP contribution in [0.3, 0.4) is 0 Å². The van der Waals surface area contributed by atoms with Gasteiger partial charge in [-0.05, 0) is 24.3 Å². The van der Waals surface area contributed by atoms with Crippen LogP contribution in [0.15, 0.2) is 30.5 Å². The average Bonchev–Trinajstić information content (AvgIpc) is 2.67. The zero-order valence-electron chi connectivity index (χ0n) is 9.21. The highest BCUT2D eigenvalue weighted by molar-refractivity contribution is 7.32. The molecule has 5 nitrogen and oxygen atoms in total. The molecular weight excluding hydrogens is 241 g/mol. The zero-order chi connectivity index (χ0) is 12.4. The van der Waals surface area contributed by atoms with E-state index in [2.05, 4.69) is 4.52 Å². The van der Waals surface area contributed by atoms with E-state index < -0.39 is 8.25 Å². The highest BCUT2D eigenvalue weighted by Gasteiger charge is 2.09. The number of aryl methyl sites for hydroxylation is 1. The van der Waals surface area contributed by atoms with E-state index in [0.29, 0.717) is 5.56 Å². The Hall–Kier alpha value is -1.42. The topological polar surface area (TPSA) is 68.5 Å². The second-order valence-corrected chi connectivity index (χ2v) is 4.50. The maximum absolute atomic E-state index is 11.6. The van der Waals surface area contributed by atoms with Gasteiger partial charge in [-0.15, -0.1) is 0 Å². The Bertz CT molecular complexity index is 590. The van der Waals surface area contributed by atoms with Gasteiger partial charge in [0.2, 0.25) is 0 Å². The van der Waals surface area contributed by atoms with E-state index in [9.17, 15) is 9.36 Å². The van der Waals surface area contributed by atoms with Crippen molar-refractivity contribution in [3.8, 4) is 0 Å². The van der Waals surface area contributed by atoms with E-state index in [1.165, 1.54) is 0 Å². The molecule has 2 rings (SSSR count). The van der Waals surface area contributed by atoms with Gasteiger partial charge < -0.3 is 14.0 Å². The van der Waals surface area contributed by atoms with Gasteiger partial charge in [0, 0.05) is 29.7 Å². The van der Waals surface area contributed by atoms with Crippen molar-refractivity contribution in [3.63, 3.8) is 0 Å². The fourth-order valence-electron chi connectivity index (χ4n) is 1.67. The summed E-state index contributed by atoms with van der Waals surface area (Å²) in [5, 5.41) is 0.954. The minimum Gasteiger partial charge on any atom is -0.351 e. The minimum absolute atomic E-state index is 0.303. The Morgan fingerprint density at radius 3 is 2.94 bits per heavy atom. The third-order valence-electron chi connectivity index (χ3n) is 2.53. The van der Waals surface area contributed by atoms with Crippen LogP contribution in [0.5, 0.6) is 0 Å². The number of Topliss-reactive ketones (excluding diaryl/α,β-unsaturated/α-hetero) is 1. The number of rotatable bonds is 4. The summed E-state index contributed by atoms with van der Waals surface area (Å²) in [6.07, 6.45) is 1.90. The van der Waals surface area contributed by atoms with Crippen molar-refractivity contribution in [2.45, 2.75) is 0 Å². The van der Waals surface area contributed by atoms with Crippen molar-refractivity contribution in [2.24, 2.45) is 7.05 Å². The first-order valence-electron chi connectivity index (χ1n) is 5.02. The molecule has 1 unspecified atom stereocenters. The molecule has 0 bridgehead atoms. The Balaban J connectivity index is 2.24. The van der Waals surface area contributed by atoms with Gasteiger partial charge in [-0.2, -0.15) is 0 Å². The number of carbonyl (C=O) groups is 1. The Morgan fingerprint density at radius 1 is 1.47 bits per heavy atom. The third-order valence-corrected chi connectivity index (χ3v) is 2.93. The molecular formula is C11H12NO4P. The summed E-state index contributed by atoms with van der Waals surface area (Å²) in [5.41, 5.74) is 1.50. The number of benzene rings is 1. The number of nitrogens with zero attached hydrogens (tertiary/aromatic N) is 1. The molecule has 1 N–H and O–H groups in total. The molecule has 0 aliphatic heterocycles. The number of hydrogen-bond acceptors (Lipinski definition) is 3. The molecule has 1 heterocycles. The van der Waals surface area contributed by atoms with Crippen molar-refractivity contribution >= 4 is 24.9 Å². The lowest BCUT2D eigenvalue weighted by atomic mass is 10.1. The van der Waals surface area contributed by atoms with Crippen molar-refractivity contribution in [1.82, 2.24) is 4.57 Å². The molecule has 2 aromatic rings. The quantitative estimate of drug-likeness (QED) is 0.665. The van der Waals surface area contributed by atoms with E-state index in [1.807, 2.05) is 29.9 Å². The maximum Gasteiger partial charge on any atom is 0.317 e. The van der Waals surface area contributed by atoms with E-state index >= 15 is 0 Å². The van der Waals surface area contributed by atoms with Crippen LogP contribution in [0.1, 0.15) is 10.4 Å². The van der Waals surface area contributed by atoms with Gasteiger partial charge in [-0.3, -0.25) is 9.36 Å². The van der Waals surface area contributed by atoms with E-state index in [-0.39, 0.29) is 12.4 Å². The number of carbonyl (C=O) groups excluding carboxylic acids is 1. The average molecular weight is 253 g/mol. The lowest BCUT2D eigenvalue weighted by Gasteiger charge is -2.02. The van der Waals surface area contributed by atoms with Crippen LogP contribution in [-0.2, 0) is 16.1 Å². The summed E-state index contributed by atoms with van der Waals surface area (Å²) in [6.45, 7) is -0.368. The first-order valence-corrected chi connectivity index (χ1v) is 6.28. The lowest BCUT2D eigenvalue weighted by Crippen LogP contribution is -2.05. The molecule has 1 aromatic carbocycles. The summed E-state index contributed by atoms with van der Waals surface area (Å²) in [6, 6.07) is 7.17. The highest BCUT2D eigenvalue weighted by atomic mass is 31.1. The minimum atomic E-state index is -3.05. The Labute approximate surface area is 98.6 Å². The summed E-state index contributed by atoms with van der Waals surface area (Å²) < 4.78 is 16.7. The van der Waals surface area contributed by atoms with E-state index in [0.717, 1.165) is 10.9 Å². The van der Waals surface area contributed by atoms with Gasteiger partial charge in [-0.1, -0.05) is 0 Å². The molecule has 1 atom stereocenters. The Kier molecular flexibility index (Phi) is 3.43. The molecule has 0 aliphatic carbocycles. The summed E-state index contributed by atoms with van der Waals surface area (Å²) >= 11 is 0. The predicted octanol–water partition coefficient (Wildman–Crippen LogP) is 1.76. The van der Waals surface area contributed by atoms with Gasteiger partial charge in [0.1, 0.15) is 6.61 Å². The molecule has 0 fully saturated rings. The molecule has 0 amide bonds. The van der Waals surface area contributed by atoms with E-state index in [4.69, 9.17) is 4.89 Å². The van der Waals surface area contributed by atoms with Crippen molar-refractivity contribution in [1.29, 1.82) is 0 Å². The van der Waals surface area contributed by atoms with Gasteiger partial charge >= 0.3 is 8.25 Å². The van der Waals surface area contributed by atoms with Crippen LogP contribution >= 0.6 is 8.25 Å². The third kappa shape index (κ3) is 2.64. The first kappa shape index (κ1) is 12.0. The molecule has 0 aliphatic rings. The molecule has 0 radical (unpaired) electrons. The Morgan fingerprint density at radius 2 is 2.24 bits per heavy atom. The zero-order valence-corrected chi connectivity index (χ0v) is 10.2. The van der Waals surface area contributed by atoms with Crippen LogP contribution in [0, 0.1) is 0 Å². The van der Waals surface area contributed by atoms with Crippen LogP contribution < -0.4 is 0 Å². The summed E-state index contributed by atoms with van der Waals surface area (Å²) in [5.74, 6) is -0.303. The molecule has 1 aromatic heterocycles. The fraction of sp³-hybridized carbons (Fsp3) is 0.182. The number of fused-ring (bicyclic) bond motifs is 1. The number of ketones is 1. The standard InChI is InChI=1S/C11H12NO4P/c1-12-5-4-8-6-9(2-3-10(8)12)11(13)7-16-17(14)15/h2-6,17H,7H2,1H3,(H,14,15). The normalized spacial score (nSPS) is 12.8. The fourth-order valence-corrected chi connectivity index (χ4v) is 1.92. The van der Waals surface area contributed by atoms with Gasteiger partial charge in [0.25, 0.3) is 0 Å². The molecule has 6 heteroatoms. The van der Waals surface area contributed by atoms with Crippen LogP contribution in [-0.4, -0.2) is 21.9 Å². The van der Waals surface area contributed by atoms with Crippen LogP contribution in [0.25, 0.3) is 10.9 Å². The molecule has 90 valence electrons. The van der Waals surface area contributed by atoms with Gasteiger partial charge in [0.15, 0.2) is 5.78 Å². The molecule has 17 heavy (non-hydrogen) atoms. The smallest absolute Gasteiger partial charge is 0.317 e. The maximum atomic E-state index is 11.6. The second kappa shape index (κ2) is 4.84. The highest BCUT2D eigenvalue weighted by Crippen LogP contribution is 2.19. The van der Waals surface area contributed by atoms with E-state index in [1.54, 1.807) is 12.1 Å². The van der Waals surface area contributed by atoms with Crippen LogP contribution in [0.2, 0.25) is 0 Å². The van der Waals surface area contributed by atoms with Crippen molar-refractivity contribution < 1.29 is 18.8 Å².